The van der Waals surface area contributed by atoms with Crippen LogP contribution in [0.15, 0.2) is 67.0 Å². The summed E-state index contributed by atoms with van der Waals surface area (Å²) in [5.41, 5.74) is 3.76. The van der Waals surface area contributed by atoms with Crippen molar-refractivity contribution >= 4 is 34.6 Å². The van der Waals surface area contributed by atoms with Crippen molar-refractivity contribution in [2.45, 2.75) is 6.92 Å². The zero-order valence-electron chi connectivity index (χ0n) is 13.1. The predicted molar refractivity (Wildman–Crippen MR) is 98.1 cm³/mol. The van der Waals surface area contributed by atoms with E-state index in [2.05, 4.69) is 15.6 Å². The molecule has 1 heterocycles. The molecule has 1 aromatic heterocycles. The molecular formula is C19H16ClN3O. The summed E-state index contributed by atoms with van der Waals surface area (Å²) in [6, 6.07) is 16.9. The number of halogens is 1. The molecule has 120 valence electrons. The summed E-state index contributed by atoms with van der Waals surface area (Å²) in [7, 11) is 0. The second-order valence-electron chi connectivity index (χ2n) is 5.37. The van der Waals surface area contributed by atoms with Crippen molar-refractivity contribution in [1.82, 2.24) is 4.98 Å². The van der Waals surface area contributed by atoms with Crippen molar-refractivity contribution in [3.63, 3.8) is 0 Å². The molecule has 4 nitrogen and oxygen atoms in total. The number of benzene rings is 2. The minimum Gasteiger partial charge on any atom is -0.354 e. The van der Waals surface area contributed by atoms with Gasteiger partial charge in [0, 0.05) is 22.6 Å². The highest BCUT2D eigenvalue weighted by molar-refractivity contribution is 6.31. The van der Waals surface area contributed by atoms with E-state index in [1.54, 1.807) is 18.3 Å². The minimum atomic E-state index is -0.237. The van der Waals surface area contributed by atoms with Gasteiger partial charge < -0.3 is 10.6 Å². The maximum Gasteiger partial charge on any atom is 0.257 e. The normalized spacial score (nSPS) is 10.2. The zero-order chi connectivity index (χ0) is 16.9. The van der Waals surface area contributed by atoms with Crippen molar-refractivity contribution < 1.29 is 4.79 Å². The van der Waals surface area contributed by atoms with Gasteiger partial charge in [0.05, 0.1) is 17.4 Å². The first-order chi connectivity index (χ1) is 11.6. The number of para-hydroxylation sites is 1. The molecule has 3 aromatic rings. The SMILES string of the molecule is Cc1ccc(NC(=O)c2cncc(Nc3ccccc3)c2)cc1Cl. The minimum absolute atomic E-state index is 0.237. The molecule has 0 fully saturated rings. The van der Waals surface area contributed by atoms with E-state index in [-0.39, 0.29) is 5.91 Å². The summed E-state index contributed by atoms with van der Waals surface area (Å²) >= 11 is 6.09. The number of anilines is 3. The van der Waals surface area contributed by atoms with Gasteiger partial charge in [-0.1, -0.05) is 35.9 Å². The van der Waals surface area contributed by atoms with Crippen LogP contribution < -0.4 is 10.6 Å². The smallest absolute Gasteiger partial charge is 0.257 e. The van der Waals surface area contributed by atoms with E-state index in [1.807, 2.05) is 49.4 Å². The fourth-order valence-corrected chi connectivity index (χ4v) is 2.38. The maximum absolute atomic E-state index is 12.4. The van der Waals surface area contributed by atoms with Gasteiger partial charge in [-0.25, -0.2) is 0 Å². The van der Waals surface area contributed by atoms with Crippen LogP contribution in [0.1, 0.15) is 15.9 Å². The molecule has 5 heteroatoms. The summed E-state index contributed by atoms with van der Waals surface area (Å²) in [5, 5.41) is 6.66. The van der Waals surface area contributed by atoms with Crippen LogP contribution in [-0.4, -0.2) is 10.9 Å². The number of nitrogens with one attached hydrogen (secondary N) is 2. The van der Waals surface area contributed by atoms with Crippen molar-refractivity contribution in [3.05, 3.63) is 83.1 Å². The molecule has 0 aliphatic carbocycles. The Morgan fingerprint density at radius 1 is 0.958 bits per heavy atom. The average Bonchev–Trinajstić information content (AvgIpc) is 2.59. The van der Waals surface area contributed by atoms with E-state index in [0.29, 0.717) is 16.3 Å². The summed E-state index contributed by atoms with van der Waals surface area (Å²) in [6.07, 6.45) is 3.20. The number of aryl methyl sites for hydroxylation is 1. The topological polar surface area (TPSA) is 54.0 Å². The highest BCUT2D eigenvalue weighted by atomic mass is 35.5. The number of rotatable bonds is 4. The van der Waals surface area contributed by atoms with Crippen LogP contribution in [0.2, 0.25) is 5.02 Å². The van der Waals surface area contributed by atoms with Gasteiger partial charge in [0.25, 0.3) is 5.91 Å². The summed E-state index contributed by atoms with van der Waals surface area (Å²) in [6.45, 7) is 1.91. The molecule has 3 rings (SSSR count). The zero-order valence-corrected chi connectivity index (χ0v) is 13.8. The van der Waals surface area contributed by atoms with Gasteiger partial charge in [-0.15, -0.1) is 0 Å². The molecule has 1 amide bonds. The van der Waals surface area contributed by atoms with E-state index in [1.165, 1.54) is 6.20 Å². The summed E-state index contributed by atoms with van der Waals surface area (Å²) in [5.74, 6) is -0.237. The Labute approximate surface area is 145 Å². The third-order valence-electron chi connectivity index (χ3n) is 3.49. The monoisotopic (exact) mass is 337 g/mol. The molecule has 0 bridgehead atoms. The third-order valence-corrected chi connectivity index (χ3v) is 3.90. The fraction of sp³-hybridized carbons (Fsp3) is 0.0526. The van der Waals surface area contributed by atoms with Crippen LogP contribution in [0.25, 0.3) is 0 Å². The second kappa shape index (κ2) is 7.15. The Hall–Kier alpha value is -2.85. The first-order valence-corrected chi connectivity index (χ1v) is 7.84. The Balaban J connectivity index is 1.75. The van der Waals surface area contributed by atoms with E-state index in [9.17, 15) is 4.79 Å². The Morgan fingerprint density at radius 2 is 1.75 bits per heavy atom. The molecule has 0 atom stereocenters. The van der Waals surface area contributed by atoms with Crippen molar-refractivity contribution in [1.29, 1.82) is 0 Å². The van der Waals surface area contributed by atoms with Crippen molar-refractivity contribution in [2.24, 2.45) is 0 Å². The first kappa shape index (κ1) is 16.0. The van der Waals surface area contributed by atoms with Crippen LogP contribution >= 0.6 is 11.6 Å². The molecule has 2 aromatic carbocycles. The molecule has 0 unspecified atom stereocenters. The van der Waals surface area contributed by atoms with Crippen LogP contribution in [-0.2, 0) is 0 Å². The summed E-state index contributed by atoms with van der Waals surface area (Å²) in [4.78, 5) is 16.5. The molecule has 0 saturated carbocycles. The maximum atomic E-state index is 12.4. The lowest BCUT2D eigenvalue weighted by molar-refractivity contribution is 0.102. The van der Waals surface area contributed by atoms with Gasteiger partial charge in [0.1, 0.15) is 0 Å². The molecular weight excluding hydrogens is 322 g/mol. The number of hydrogen-bond acceptors (Lipinski definition) is 3. The number of amides is 1. The molecule has 24 heavy (non-hydrogen) atoms. The van der Waals surface area contributed by atoms with Gasteiger partial charge in [0.2, 0.25) is 0 Å². The molecule has 0 aliphatic rings. The number of hydrogen-bond donors (Lipinski definition) is 2. The predicted octanol–water partition coefficient (Wildman–Crippen LogP) is 5.04. The molecule has 0 saturated heterocycles. The molecule has 0 aliphatic heterocycles. The number of carbonyl (C=O) groups excluding carboxylic acids is 1. The average molecular weight is 338 g/mol. The van der Waals surface area contributed by atoms with Crippen LogP contribution in [0.5, 0.6) is 0 Å². The number of pyridine rings is 1. The molecule has 2 N–H and O–H groups in total. The lowest BCUT2D eigenvalue weighted by atomic mass is 10.2. The van der Waals surface area contributed by atoms with E-state index in [0.717, 1.165) is 16.9 Å². The number of nitrogens with zero attached hydrogens (tertiary/aromatic N) is 1. The first-order valence-electron chi connectivity index (χ1n) is 7.46. The highest BCUT2D eigenvalue weighted by Crippen LogP contribution is 2.21. The highest BCUT2D eigenvalue weighted by Gasteiger charge is 2.08. The van der Waals surface area contributed by atoms with Crippen molar-refractivity contribution in [3.8, 4) is 0 Å². The lowest BCUT2D eigenvalue weighted by Crippen LogP contribution is -2.12. The largest absolute Gasteiger partial charge is 0.354 e. The Bertz CT molecular complexity index is 865. The second-order valence-corrected chi connectivity index (χ2v) is 5.78. The van der Waals surface area contributed by atoms with Crippen molar-refractivity contribution in [2.75, 3.05) is 10.6 Å². The van der Waals surface area contributed by atoms with Gasteiger partial charge in [-0.05, 0) is 42.8 Å². The quantitative estimate of drug-likeness (QED) is 0.701. The molecule has 0 radical (unpaired) electrons. The summed E-state index contributed by atoms with van der Waals surface area (Å²) < 4.78 is 0. The third kappa shape index (κ3) is 3.91. The fourth-order valence-electron chi connectivity index (χ4n) is 2.19. The standard InChI is InChI=1S/C19H16ClN3O/c1-13-7-8-16(10-18(13)20)23-19(24)14-9-17(12-21-11-14)22-15-5-3-2-4-6-15/h2-12,22H,1H3,(H,23,24). The Morgan fingerprint density at radius 3 is 2.50 bits per heavy atom. The van der Waals surface area contributed by atoms with Crippen LogP contribution in [0.4, 0.5) is 17.1 Å². The molecule has 0 spiro atoms. The van der Waals surface area contributed by atoms with Gasteiger partial charge in [-0.3, -0.25) is 9.78 Å². The number of aromatic nitrogens is 1. The van der Waals surface area contributed by atoms with E-state index in [4.69, 9.17) is 11.6 Å². The van der Waals surface area contributed by atoms with E-state index < -0.39 is 0 Å². The lowest BCUT2D eigenvalue weighted by Gasteiger charge is -2.09. The van der Waals surface area contributed by atoms with Gasteiger partial charge in [0.15, 0.2) is 0 Å². The number of carbonyl (C=O) groups is 1. The van der Waals surface area contributed by atoms with Gasteiger partial charge in [-0.2, -0.15) is 0 Å². The van der Waals surface area contributed by atoms with Crippen LogP contribution in [0, 0.1) is 6.92 Å². The Kier molecular flexibility index (Phi) is 4.77. The van der Waals surface area contributed by atoms with E-state index >= 15 is 0 Å². The van der Waals surface area contributed by atoms with Gasteiger partial charge >= 0.3 is 0 Å². The van der Waals surface area contributed by atoms with Crippen LogP contribution in [0.3, 0.4) is 0 Å².